The summed E-state index contributed by atoms with van der Waals surface area (Å²) in [6, 6.07) is 6.98. The lowest BCUT2D eigenvalue weighted by Gasteiger charge is -1.93. The fourth-order valence-corrected chi connectivity index (χ4v) is 1.34. The highest BCUT2D eigenvalue weighted by molar-refractivity contribution is 6.34. The fourth-order valence-electron chi connectivity index (χ4n) is 0.812. The third-order valence-corrected chi connectivity index (χ3v) is 1.70. The summed E-state index contributed by atoms with van der Waals surface area (Å²) >= 11 is 11.5. The van der Waals surface area contributed by atoms with E-state index >= 15 is 0 Å². The van der Waals surface area contributed by atoms with Crippen molar-refractivity contribution in [3.8, 4) is 17.9 Å². The molecule has 0 aliphatic carbocycles. The van der Waals surface area contributed by atoms with Crippen LogP contribution in [0.1, 0.15) is 12.0 Å². The van der Waals surface area contributed by atoms with Gasteiger partial charge in [0.05, 0.1) is 12.5 Å². The summed E-state index contributed by atoms with van der Waals surface area (Å²) in [6.07, 6.45) is 0.212. The molecular weight excluding hydrogens is 205 g/mol. The Bertz CT molecular complexity index is 387. The summed E-state index contributed by atoms with van der Waals surface area (Å²) in [4.78, 5) is 0. The van der Waals surface area contributed by atoms with Crippen LogP contribution in [0, 0.1) is 23.2 Å². The molecule has 1 nitrogen and oxygen atoms in total. The second-order valence-electron chi connectivity index (χ2n) is 2.29. The molecule has 0 aliphatic rings. The Kier molecular flexibility index (Phi) is 3.65. The first kappa shape index (κ1) is 9.93. The number of halogens is 2. The second-order valence-corrected chi connectivity index (χ2v) is 3.17. The minimum atomic E-state index is 0.212. The van der Waals surface area contributed by atoms with Gasteiger partial charge < -0.3 is 0 Å². The monoisotopic (exact) mass is 209 g/mol. The first-order chi connectivity index (χ1) is 6.22. The summed E-state index contributed by atoms with van der Waals surface area (Å²) in [5.41, 5.74) is 0.729. The number of hydrogen-bond donors (Lipinski definition) is 0. The van der Waals surface area contributed by atoms with Gasteiger partial charge in [-0.2, -0.15) is 5.26 Å². The van der Waals surface area contributed by atoms with E-state index in [9.17, 15) is 0 Å². The van der Waals surface area contributed by atoms with Crippen LogP contribution in [0.25, 0.3) is 0 Å². The average molecular weight is 210 g/mol. The van der Waals surface area contributed by atoms with Gasteiger partial charge in [-0.3, -0.25) is 0 Å². The molecule has 0 saturated carbocycles. The Labute approximate surface area is 86.9 Å². The largest absolute Gasteiger partial charge is 0.197 e. The van der Waals surface area contributed by atoms with Crippen molar-refractivity contribution in [1.29, 1.82) is 5.26 Å². The smallest absolute Gasteiger partial charge is 0.0966 e. The molecule has 0 fully saturated rings. The molecule has 0 radical (unpaired) electrons. The van der Waals surface area contributed by atoms with E-state index in [-0.39, 0.29) is 6.42 Å². The van der Waals surface area contributed by atoms with Crippen LogP contribution in [0.2, 0.25) is 10.0 Å². The normalized spacial score (nSPS) is 8.38. The lowest BCUT2D eigenvalue weighted by Crippen LogP contribution is -1.74. The summed E-state index contributed by atoms with van der Waals surface area (Å²) in [6.45, 7) is 0. The van der Waals surface area contributed by atoms with E-state index in [4.69, 9.17) is 28.5 Å². The van der Waals surface area contributed by atoms with Gasteiger partial charge >= 0.3 is 0 Å². The maximum Gasteiger partial charge on any atom is 0.0966 e. The lowest BCUT2D eigenvalue weighted by molar-refractivity contribution is 1.39. The highest BCUT2D eigenvalue weighted by Gasteiger charge is 1.94. The zero-order valence-corrected chi connectivity index (χ0v) is 8.15. The molecule has 0 spiro atoms. The summed E-state index contributed by atoms with van der Waals surface area (Å²) in [5, 5.41) is 9.35. The minimum absolute atomic E-state index is 0.212. The van der Waals surface area contributed by atoms with Crippen molar-refractivity contribution >= 4 is 23.2 Å². The first-order valence-electron chi connectivity index (χ1n) is 3.54. The summed E-state index contributed by atoms with van der Waals surface area (Å²) < 4.78 is 0. The van der Waals surface area contributed by atoms with E-state index in [0.29, 0.717) is 10.0 Å². The van der Waals surface area contributed by atoms with Crippen LogP contribution in [0.3, 0.4) is 0 Å². The average Bonchev–Trinajstić information content (AvgIpc) is 2.03. The van der Waals surface area contributed by atoms with Crippen LogP contribution < -0.4 is 0 Å². The molecule has 0 unspecified atom stereocenters. The van der Waals surface area contributed by atoms with Gasteiger partial charge in [0.2, 0.25) is 0 Å². The van der Waals surface area contributed by atoms with Crippen LogP contribution in [-0.2, 0) is 0 Å². The third kappa shape index (κ3) is 3.38. The first-order valence-corrected chi connectivity index (χ1v) is 4.30. The van der Waals surface area contributed by atoms with E-state index in [2.05, 4.69) is 11.8 Å². The number of benzene rings is 1. The molecule has 0 atom stereocenters. The van der Waals surface area contributed by atoms with E-state index in [1.54, 1.807) is 18.2 Å². The van der Waals surface area contributed by atoms with Gasteiger partial charge in [0.1, 0.15) is 0 Å². The Hall–Kier alpha value is -1.15. The molecule has 3 heteroatoms. The van der Waals surface area contributed by atoms with E-state index in [1.807, 2.05) is 6.07 Å². The van der Waals surface area contributed by atoms with Crippen LogP contribution in [0.15, 0.2) is 18.2 Å². The van der Waals surface area contributed by atoms with E-state index in [1.165, 1.54) is 0 Å². The van der Waals surface area contributed by atoms with Crippen LogP contribution in [0.4, 0.5) is 0 Å². The van der Waals surface area contributed by atoms with Gasteiger partial charge in [0.25, 0.3) is 0 Å². The maximum atomic E-state index is 8.25. The highest BCUT2D eigenvalue weighted by atomic mass is 35.5. The van der Waals surface area contributed by atoms with Crippen LogP contribution in [0.5, 0.6) is 0 Å². The van der Waals surface area contributed by atoms with Crippen molar-refractivity contribution in [2.75, 3.05) is 0 Å². The topological polar surface area (TPSA) is 23.8 Å². The van der Waals surface area contributed by atoms with Gasteiger partial charge in [-0.1, -0.05) is 35.0 Å². The Balaban J connectivity index is 2.92. The fraction of sp³-hybridized carbons (Fsp3) is 0.100. The summed E-state index contributed by atoms with van der Waals surface area (Å²) in [7, 11) is 0. The Morgan fingerprint density at radius 2 is 1.77 bits per heavy atom. The van der Waals surface area contributed by atoms with Gasteiger partial charge in [0, 0.05) is 15.6 Å². The van der Waals surface area contributed by atoms with E-state index in [0.717, 1.165) is 5.56 Å². The van der Waals surface area contributed by atoms with Gasteiger partial charge in [-0.25, -0.2) is 0 Å². The molecule has 0 amide bonds. The van der Waals surface area contributed by atoms with Gasteiger partial charge in [0.15, 0.2) is 0 Å². The number of hydrogen-bond acceptors (Lipinski definition) is 1. The van der Waals surface area contributed by atoms with Crippen molar-refractivity contribution in [3.63, 3.8) is 0 Å². The van der Waals surface area contributed by atoms with Gasteiger partial charge in [-0.05, 0) is 18.2 Å². The third-order valence-electron chi connectivity index (χ3n) is 1.26. The molecule has 13 heavy (non-hydrogen) atoms. The Morgan fingerprint density at radius 3 is 2.31 bits per heavy atom. The SMILES string of the molecule is N#CCC#Cc1cc(Cl)cc(Cl)c1. The molecule has 1 aromatic rings. The Morgan fingerprint density at radius 1 is 1.15 bits per heavy atom. The predicted octanol–water partition coefficient (Wildman–Crippen LogP) is 3.26. The summed E-state index contributed by atoms with van der Waals surface area (Å²) in [5.74, 6) is 5.46. The van der Waals surface area contributed by atoms with Crippen molar-refractivity contribution in [1.82, 2.24) is 0 Å². The van der Waals surface area contributed by atoms with Gasteiger partial charge in [-0.15, -0.1) is 0 Å². The number of rotatable bonds is 0. The molecule has 0 N–H and O–H groups in total. The molecular formula is C10H5Cl2N. The van der Waals surface area contributed by atoms with Crippen LogP contribution in [-0.4, -0.2) is 0 Å². The number of nitrogens with zero attached hydrogens (tertiary/aromatic N) is 1. The predicted molar refractivity (Wildman–Crippen MR) is 53.6 cm³/mol. The highest BCUT2D eigenvalue weighted by Crippen LogP contribution is 2.18. The molecule has 0 heterocycles. The molecule has 0 saturated heterocycles. The molecule has 1 aromatic carbocycles. The second kappa shape index (κ2) is 4.77. The van der Waals surface area contributed by atoms with E-state index < -0.39 is 0 Å². The molecule has 0 aromatic heterocycles. The van der Waals surface area contributed by atoms with Crippen molar-refractivity contribution in [2.24, 2.45) is 0 Å². The zero-order valence-electron chi connectivity index (χ0n) is 6.64. The molecule has 64 valence electrons. The van der Waals surface area contributed by atoms with Crippen molar-refractivity contribution < 1.29 is 0 Å². The van der Waals surface area contributed by atoms with Crippen molar-refractivity contribution in [3.05, 3.63) is 33.8 Å². The maximum absolute atomic E-state index is 8.25. The molecule has 0 bridgehead atoms. The van der Waals surface area contributed by atoms with Crippen molar-refractivity contribution in [2.45, 2.75) is 6.42 Å². The molecule has 0 aliphatic heterocycles. The zero-order chi connectivity index (χ0) is 9.68. The number of nitriles is 1. The standard InChI is InChI=1S/C10H5Cl2N/c11-9-5-8(3-1-2-4-13)6-10(12)7-9/h5-7H,2H2. The lowest BCUT2D eigenvalue weighted by atomic mass is 10.2. The van der Waals surface area contributed by atoms with Crippen LogP contribution >= 0.6 is 23.2 Å². The minimum Gasteiger partial charge on any atom is -0.197 e. The quantitative estimate of drug-likeness (QED) is 0.603. The molecule has 1 rings (SSSR count).